The summed E-state index contributed by atoms with van der Waals surface area (Å²) >= 11 is 36.9. The lowest BCUT2D eigenvalue weighted by Crippen LogP contribution is -2.72. The van der Waals surface area contributed by atoms with E-state index in [4.69, 9.17) is 4.43 Å². The smallest absolute Gasteiger partial charge is 0.253 e. The highest BCUT2D eigenvalue weighted by Crippen LogP contribution is 2.56. The Morgan fingerprint density at radius 2 is 0.427 bits per heavy atom. The van der Waals surface area contributed by atoms with Gasteiger partial charge in [-0.2, -0.15) is 0 Å². The van der Waals surface area contributed by atoms with Crippen molar-refractivity contribution in [3.63, 3.8) is 0 Å². The summed E-state index contributed by atoms with van der Waals surface area (Å²) in [5, 5.41) is 33.4. The number of hydrogen-bond acceptors (Lipinski definition) is 1. The molecule has 0 radical (unpaired) electrons. The van der Waals surface area contributed by atoms with Crippen LogP contribution < -0.4 is 31.1 Å². The van der Waals surface area contributed by atoms with Crippen LogP contribution in [0.25, 0.3) is 106 Å². The van der Waals surface area contributed by atoms with Crippen molar-refractivity contribution in [3.05, 3.63) is 326 Å². The van der Waals surface area contributed by atoms with Gasteiger partial charge in [0.2, 0.25) is 0 Å². The molecule has 0 atom stereocenters. The highest BCUT2D eigenvalue weighted by Gasteiger charge is 2.49. The van der Waals surface area contributed by atoms with Gasteiger partial charge in [0.25, 0.3) is 8.32 Å². The SMILES string of the molecule is CCCCCCCCO[Si]1(C)c2cc(Br)ccc2-c2ccc(Br)cc21.CCCCCCCCc1ccc([Si]2(c3ccc(CCCCCCCC)cc3)c3cc(Br)ccc3-c3ccc(Br)cc32)cc1.CCCCCCCCp1c2cc(I)ccc2c2ccc(I)cc21.CCCCCCp1c2cc(I)ccc2c2ccc(I)cc21.CCCCp1c2cc(Br)ccc2c2ccc(Br)cc21.CCCCp1c2cc(I)ccc2c2ccc(I)cc21. The standard InChI is InChI=1S/C40H48Br2Si.C21H26Br2OSi.C20H23I2P.C18H19I2P.C16H15Br2P.C16H15I2P/c1-3-5-7-9-11-13-15-31-17-23-35(24-18-31)43(36-25-19-32(20-26-36)16-14-12-10-8-6-4-2)39-29-33(41)21-27-37(39)38-28-22-34(42)30-40(38)43;1-3-4-5-6-7-8-13-24-25(2)20-14-16(22)9-11-18(20)19-12-10-17(23)15-21(19)25;1-2-3-4-5-6-7-12-23-19-13-15(21)8-10-17(19)18-11-9-16(22)14-20(18)23;1-2-3-4-5-10-21-17-11-13(19)6-8-15(17)16-9-7-14(20)12-18(16)21;2*1-2-3-8-19-15-9-11(17)4-6-13(15)14-7-5-12(18)10-16(14)19/h17-30H,3-16H2,1-2H3;9-12,14-15H,3-8,13H2,1-2H3;8-11,13-14H,2-7,12H2,1H3;6-9,11-12H,2-5,10H2,1H3;2*4-7,9-10H,2-3,8H2,1H3. The molecule has 150 heavy (non-hydrogen) atoms. The minimum absolute atomic E-state index is 0.125. The highest BCUT2D eigenvalue weighted by atomic mass is 127. The van der Waals surface area contributed by atoms with Crippen molar-refractivity contribution in [2.24, 2.45) is 0 Å². The van der Waals surface area contributed by atoms with Gasteiger partial charge in [0.05, 0.1) is 0 Å². The first kappa shape index (κ1) is 122. The molecule has 6 heterocycles. The summed E-state index contributed by atoms with van der Waals surface area (Å²) in [7, 11) is -5.20. The molecule has 0 fully saturated rings. The molecule has 0 amide bonds. The molecule has 0 saturated heterocycles. The predicted molar refractivity (Wildman–Crippen MR) is 752 cm³/mol. The number of fused-ring (bicyclic) bond motifs is 18. The van der Waals surface area contributed by atoms with Gasteiger partial charge < -0.3 is 4.43 Å². The third-order valence-corrected chi connectivity index (χ3v) is 56.4. The van der Waals surface area contributed by atoms with Crippen LogP contribution in [0, 0.1) is 21.4 Å². The van der Waals surface area contributed by atoms with Gasteiger partial charge >= 0.3 is 0 Å². The molecule has 19 heteroatoms. The van der Waals surface area contributed by atoms with Gasteiger partial charge in [0.1, 0.15) is 0 Å². The van der Waals surface area contributed by atoms with E-state index in [9.17, 15) is 0 Å². The summed E-state index contributed by atoms with van der Waals surface area (Å²) in [6.45, 7) is 19.2. The van der Waals surface area contributed by atoms with Crippen molar-refractivity contribution in [1.29, 1.82) is 0 Å². The van der Waals surface area contributed by atoms with Crippen LogP contribution in [0.4, 0.5) is 0 Å². The molecule has 20 rings (SSSR count). The Labute approximate surface area is 1040 Å². The zero-order valence-electron chi connectivity index (χ0n) is 88.7. The van der Waals surface area contributed by atoms with Gasteiger partial charge in [-0.1, -0.05) is 426 Å². The summed E-state index contributed by atoms with van der Waals surface area (Å²) in [4.78, 5) is 0. The molecule has 14 aromatic carbocycles. The van der Waals surface area contributed by atoms with E-state index < -0.39 is 16.4 Å². The molecular weight excluding hydrogens is 3010 g/mol. The van der Waals surface area contributed by atoms with Gasteiger partial charge in [0, 0.05) is 95.8 Å². The minimum Gasteiger partial charge on any atom is -0.408 e. The van der Waals surface area contributed by atoms with Gasteiger partial charge in [-0.05, 0) is 478 Å². The molecule has 0 N–H and O–H groups in total. The second-order valence-electron chi connectivity index (χ2n) is 41.0. The minimum atomic E-state index is -2.50. The highest BCUT2D eigenvalue weighted by molar-refractivity contribution is 14.1. The lowest BCUT2D eigenvalue weighted by atomic mass is 10.1. The van der Waals surface area contributed by atoms with Crippen LogP contribution in [0.3, 0.4) is 0 Å². The van der Waals surface area contributed by atoms with Gasteiger partial charge in [-0.15, -0.1) is 30.1 Å². The second-order valence-corrected chi connectivity index (χ2v) is 70.2. The maximum atomic E-state index is 6.66. The molecule has 0 unspecified atom stereocenters. The summed E-state index contributed by atoms with van der Waals surface area (Å²) in [5.74, 6) is 0. The monoisotopic (exact) mass is 3150 g/mol. The van der Waals surface area contributed by atoms with Crippen LogP contribution in [0.1, 0.15) is 265 Å². The number of aryl methyl sites for hydroxylation is 6. The average Bonchev–Trinajstić information content (AvgIpc) is 1.53. The van der Waals surface area contributed by atoms with E-state index in [2.05, 4.69) is 553 Å². The maximum absolute atomic E-state index is 6.66. The largest absolute Gasteiger partial charge is 0.408 e. The Kier molecular flexibility index (Phi) is 49.8. The number of rotatable bonds is 42. The Bertz CT molecular complexity index is 7010. The number of benzene rings is 14. The van der Waals surface area contributed by atoms with E-state index in [-0.39, 0.29) is 30.1 Å². The molecule has 0 saturated carbocycles. The Morgan fingerprint density at radius 1 is 0.213 bits per heavy atom. The van der Waals surface area contributed by atoms with Crippen LogP contribution >= 0.6 is 261 Å². The fourth-order valence-corrected chi connectivity index (χ4v) is 50.4. The normalized spacial score (nSPS) is 12.5. The molecule has 0 spiro atoms. The van der Waals surface area contributed by atoms with E-state index in [1.54, 1.807) is 40.9 Å². The van der Waals surface area contributed by atoms with Crippen LogP contribution in [-0.4, -0.2) is 23.0 Å². The zero-order chi connectivity index (χ0) is 106. The van der Waals surface area contributed by atoms with E-state index in [0.717, 1.165) is 24.5 Å². The van der Waals surface area contributed by atoms with E-state index in [0.29, 0.717) is 0 Å². The lowest BCUT2D eigenvalue weighted by molar-refractivity contribution is 0.306. The molecular formula is C131H146Br6I6OP4Si2. The maximum Gasteiger partial charge on any atom is 0.253 e. The lowest BCUT2D eigenvalue weighted by Gasteiger charge is -2.32. The first-order valence-electron chi connectivity index (χ1n) is 55.5. The number of hydrogen-bond donors (Lipinski definition) is 0. The van der Waals surface area contributed by atoms with Crippen molar-refractivity contribution in [2.75, 3.05) is 6.61 Å². The summed E-state index contributed by atoms with van der Waals surface area (Å²) in [5.41, 5.74) is 8.43. The predicted octanol–water partition coefficient (Wildman–Crippen LogP) is 47.2. The van der Waals surface area contributed by atoms with Gasteiger partial charge in [-0.25, -0.2) is 0 Å². The first-order valence-corrected chi connectivity index (χ1v) is 77.2. The number of unbranched alkanes of at least 4 members (excludes halogenated alkanes) is 25. The average molecular weight is 3160 g/mol. The second kappa shape index (κ2) is 61.3. The van der Waals surface area contributed by atoms with Crippen LogP contribution in [0.5, 0.6) is 0 Å². The van der Waals surface area contributed by atoms with Crippen molar-refractivity contribution in [3.8, 4) is 22.3 Å². The Morgan fingerprint density at radius 3 is 0.713 bits per heavy atom. The molecule has 4 aromatic heterocycles. The van der Waals surface area contributed by atoms with Crippen molar-refractivity contribution >= 4 is 393 Å². The third-order valence-electron chi connectivity index (χ3n) is 30.2. The molecule has 2 aliphatic rings. The molecule has 0 bridgehead atoms. The van der Waals surface area contributed by atoms with Gasteiger partial charge in [-0.3, -0.25) is 0 Å². The Hall–Kier alpha value is -2.07. The van der Waals surface area contributed by atoms with Crippen LogP contribution in [0.15, 0.2) is 294 Å². The van der Waals surface area contributed by atoms with Crippen molar-refractivity contribution in [1.82, 2.24) is 0 Å². The molecule has 2 aliphatic heterocycles. The fraction of sp³-hybridized carbons (Fsp3) is 0.359. The number of halogens is 12. The van der Waals surface area contributed by atoms with Crippen molar-refractivity contribution in [2.45, 2.75) is 298 Å². The molecule has 1 nitrogen and oxygen atoms in total. The summed E-state index contributed by atoms with van der Waals surface area (Å²) < 4.78 is 21.9. The molecule has 18 aromatic rings. The quantitative estimate of drug-likeness (QED) is 0.0210. The van der Waals surface area contributed by atoms with Crippen molar-refractivity contribution < 1.29 is 4.43 Å². The summed E-state index contributed by atoms with van der Waals surface area (Å²) in [6.07, 6.45) is 50.6. The van der Waals surface area contributed by atoms with Crippen LogP contribution in [-0.2, 0) is 41.9 Å². The van der Waals surface area contributed by atoms with E-state index >= 15 is 0 Å². The molecule has 788 valence electrons. The first-order chi connectivity index (χ1) is 72.9. The summed E-state index contributed by atoms with van der Waals surface area (Å²) in [6, 6.07) is 102. The van der Waals surface area contributed by atoms with Crippen LogP contribution in [0.2, 0.25) is 6.55 Å². The van der Waals surface area contributed by atoms with Gasteiger partial charge in [0.15, 0.2) is 8.07 Å². The molecule has 0 aliphatic carbocycles. The Balaban J connectivity index is 0.000000138. The topological polar surface area (TPSA) is 9.23 Å². The fourth-order valence-electron chi connectivity index (χ4n) is 22.4. The third kappa shape index (κ3) is 31.1. The van der Waals surface area contributed by atoms with E-state index in [1.165, 1.54) is 381 Å². The van der Waals surface area contributed by atoms with E-state index in [1.807, 2.05) is 0 Å². The zero-order valence-corrected chi connectivity index (χ0v) is 117.